The van der Waals surface area contributed by atoms with Crippen molar-refractivity contribution in [3.8, 4) is 0 Å². The Balaban J connectivity index is 2.15. The first kappa shape index (κ1) is 13.2. The first-order valence-corrected chi connectivity index (χ1v) is 5.95. The number of hydrogen-bond donors (Lipinski definition) is 3. The Kier molecular flexibility index (Phi) is 3.87. The maximum Gasteiger partial charge on any atom is 0.272 e. The van der Waals surface area contributed by atoms with Crippen molar-refractivity contribution in [2.45, 2.75) is 0 Å². The zero-order chi connectivity index (χ0) is 13.8. The largest absolute Gasteiger partial charge is 0.356 e. The molecule has 19 heavy (non-hydrogen) atoms. The minimum absolute atomic E-state index is 0.209. The molecule has 98 valence electrons. The van der Waals surface area contributed by atoms with Crippen molar-refractivity contribution in [3.05, 3.63) is 52.8 Å². The second-order valence-electron chi connectivity index (χ2n) is 3.85. The van der Waals surface area contributed by atoms with Gasteiger partial charge >= 0.3 is 0 Å². The summed E-state index contributed by atoms with van der Waals surface area (Å²) in [6.07, 6.45) is 1.53. The third-order valence-corrected chi connectivity index (χ3v) is 2.72. The summed E-state index contributed by atoms with van der Waals surface area (Å²) in [4.78, 5) is 26.1. The van der Waals surface area contributed by atoms with Gasteiger partial charge < -0.3 is 15.6 Å². The van der Waals surface area contributed by atoms with Crippen LogP contribution in [-0.2, 0) is 0 Å². The number of rotatable bonds is 3. The Hall–Kier alpha value is -2.27. The van der Waals surface area contributed by atoms with Crippen LogP contribution in [0.1, 0.15) is 20.8 Å². The van der Waals surface area contributed by atoms with E-state index in [4.69, 9.17) is 11.6 Å². The van der Waals surface area contributed by atoms with Crippen LogP contribution in [-0.4, -0.2) is 23.8 Å². The number of anilines is 1. The number of amides is 2. The van der Waals surface area contributed by atoms with E-state index in [0.717, 1.165) is 0 Å². The van der Waals surface area contributed by atoms with Gasteiger partial charge in [-0.3, -0.25) is 9.59 Å². The average molecular weight is 278 g/mol. The molecule has 1 heterocycles. The molecule has 0 atom stereocenters. The molecule has 2 aromatic rings. The summed E-state index contributed by atoms with van der Waals surface area (Å²) >= 11 is 5.73. The number of carbonyl (C=O) groups is 2. The molecule has 0 aliphatic carbocycles. The number of aromatic nitrogens is 1. The summed E-state index contributed by atoms with van der Waals surface area (Å²) < 4.78 is 0. The van der Waals surface area contributed by atoms with Crippen molar-refractivity contribution in [1.82, 2.24) is 10.3 Å². The Labute approximate surface area is 115 Å². The third-order valence-electron chi connectivity index (χ3n) is 2.50. The predicted molar refractivity (Wildman–Crippen MR) is 73.6 cm³/mol. The van der Waals surface area contributed by atoms with Crippen LogP contribution in [0, 0.1) is 0 Å². The fourth-order valence-electron chi connectivity index (χ4n) is 1.58. The number of H-pyrrole nitrogens is 1. The van der Waals surface area contributed by atoms with Gasteiger partial charge in [0.1, 0.15) is 5.69 Å². The van der Waals surface area contributed by atoms with E-state index < -0.39 is 0 Å². The van der Waals surface area contributed by atoms with Crippen LogP contribution >= 0.6 is 11.6 Å². The molecule has 3 N–H and O–H groups in total. The zero-order valence-corrected chi connectivity index (χ0v) is 10.9. The summed E-state index contributed by atoms with van der Waals surface area (Å²) in [6, 6.07) is 8.19. The predicted octanol–water partition coefficient (Wildman–Crippen LogP) is 2.28. The molecule has 2 amide bonds. The van der Waals surface area contributed by atoms with Gasteiger partial charge in [0.05, 0.1) is 5.02 Å². The molecule has 0 aliphatic heterocycles. The number of aromatic amines is 1. The topological polar surface area (TPSA) is 74.0 Å². The van der Waals surface area contributed by atoms with Gasteiger partial charge in [-0.25, -0.2) is 0 Å². The first-order valence-electron chi connectivity index (χ1n) is 5.57. The molecule has 0 radical (unpaired) electrons. The molecular weight excluding hydrogens is 266 g/mol. The molecule has 5 nitrogen and oxygen atoms in total. The third kappa shape index (κ3) is 3.14. The summed E-state index contributed by atoms with van der Waals surface area (Å²) in [5, 5.41) is 5.67. The zero-order valence-electron chi connectivity index (χ0n) is 10.2. The summed E-state index contributed by atoms with van der Waals surface area (Å²) in [7, 11) is 1.55. The summed E-state index contributed by atoms with van der Waals surface area (Å²) in [6.45, 7) is 0. The number of nitrogens with one attached hydrogen (secondary N) is 3. The highest BCUT2D eigenvalue weighted by Crippen LogP contribution is 2.14. The number of carbonyl (C=O) groups excluding carboxylic acids is 2. The normalized spacial score (nSPS) is 10.0. The van der Waals surface area contributed by atoms with Gasteiger partial charge in [0.15, 0.2) is 0 Å². The van der Waals surface area contributed by atoms with Gasteiger partial charge in [0.25, 0.3) is 11.8 Å². The van der Waals surface area contributed by atoms with E-state index in [9.17, 15) is 9.59 Å². The lowest BCUT2D eigenvalue weighted by molar-refractivity contribution is 0.0961. The molecule has 6 heteroatoms. The maximum atomic E-state index is 11.9. The molecule has 0 bridgehead atoms. The molecule has 0 fully saturated rings. The minimum atomic E-state index is -0.319. The molecule has 0 saturated carbocycles. The van der Waals surface area contributed by atoms with Crippen LogP contribution in [0.3, 0.4) is 0 Å². The number of benzene rings is 1. The van der Waals surface area contributed by atoms with E-state index in [0.29, 0.717) is 22.0 Å². The van der Waals surface area contributed by atoms with Crippen molar-refractivity contribution < 1.29 is 9.59 Å². The van der Waals surface area contributed by atoms with Gasteiger partial charge in [-0.1, -0.05) is 17.7 Å². The SMILES string of the molecule is CNC(=O)c1cccc(NC(=O)c2cc(Cl)c[nH]2)c1. The number of hydrogen-bond acceptors (Lipinski definition) is 2. The van der Waals surface area contributed by atoms with Crippen LogP contribution < -0.4 is 10.6 Å². The van der Waals surface area contributed by atoms with Crippen molar-refractivity contribution >= 4 is 29.1 Å². The van der Waals surface area contributed by atoms with Crippen LogP contribution in [0.2, 0.25) is 5.02 Å². The maximum absolute atomic E-state index is 11.9. The van der Waals surface area contributed by atoms with Crippen LogP contribution in [0.4, 0.5) is 5.69 Å². The van der Waals surface area contributed by atoms with Gasteiger partial charge in [-0.15, -0.1) is 0 Å². The van der Waals surface area contributed by atoms with Crippen molar-refractivity contribution in [2.24, 2.45) is 0 Å². The number of halogens is 1. The highest BCUT2D eigenvalue weighted by molar-refractivity contribution is 6.31. The lowest BCUT2D eigenvalue weighted by Gasteiger charge is -2.06. The minimum Gasteiger partial charge on any atom is -0.356 e. The van der Waals surface area contributed by atoms with Gasteiger partial charge in [-0.2, -0.15) is 0 Å². The van der Waals surface area contributed by atoms with Crippen molar-refractivity contribution in [3.63, 3.8) is 0 Å². The molecular formula is C13H12ClN3O2. The fraction of sp³-hybridized carbons (Fsp3) is 0.0769. The average Bonchev–Trinajstić information content (AvgIpc) is 2.85. The van der Waals surface area contributed by atoms with Gasteiger partial charge in [0, 0.05) is 24.5 Å². The molecule has 0 unspecified atom stereocenters. The second-order valence-corrected chi connectivity index (χ2v) is 4.28. The Morgan fingerprint density at radius 2 is 2.00 bits per heavy atom. The molecule has 0 saturated heterocycles. The van der Waals surface area contributed by atoms with E-state index in [1.54, 1.807) is 31.3 Å². The highest BCUT2D eigenvalue weighted by atomic mass is 35.5. The van der Waals surface area contributed by atoms with Gasteiger partial charge in [0.2, 0.25) is 0 Å². The lowest BCUT2D eigenvalue weighted by Crippen LogP contribution is -2.18. The second kappa shape index (κ2) is 5.58. The van der Waals surface area contributed by atoms with Crippen LogP contribution in [0.15, 0.2) is 36.5 Å². The Morgan fingerprint density at radius 3 is 2.63 bits per heavy atom. The Bertz CT molecular complexity index is 622. The lowest BCUT2D eigenvalue weighted by atomic mass is 10.2. The van der Waals surface area contributed by atoms with Gasteiger partial charge in [-0.05, 0) is 24.3 Å². The molecule has 1 aromatic heterocycles. The van der Waals surface area contributed by atoms with E-state index in [1.807, 2.05) is 0 Å². The smallest absolute Gasteiger partial charge is 0.272 e. The molecule has 2 rings (SSSR count). The van der Waals surface area contributed by atoms with E-state index in [2.05, 4.69) is 15.6 Å². The van der Waals surface area contributed by atoms with Crippen molar-refractivity contribution in [2.75, 3.05) is 12.4 Å². The molecule has 1 aromatic carbocycles. The van der Waals surface area contributed by atoms with E-state index in [1.165, 1.54) is 12.3 Å². The summed E-state index contributed by atoms with van der Waals surface area (Å²) in [5.74, 6) is -0.528. The van der Waals surface area contributed by atoms with Crippen molar-refractivity contribution in [1.29, 1.82) is 0 Å². The fourth-order valence-corrected chi connectivity index (χ4v) is 1.74. The Morgan fingerprint density at radius 1 is 1.21 bits per heavy atom. The monoisotopic (exact) mass is 277 g/mol. The standard InChI is InChI=1S/C13H12ClN3O2/c1-15-12(18)8-3-2-4-10(5-8)17-13(19)11-6-9(14)7-16-11/h2-7,16H,1H3,(H,15,18)(H,17,19). The molecule has 0 spiro atoms. The summed E-state index contributed by atoms with van der Waals surface area (Å²) in [5.41, 5.74) is 1.37. The highest BCUT2D eigenvalue weighted by Gasteiger charge is 2.09. The van der Waals surface area contributed by atoms with Crippen LogP contribution in [0.25, 0.3) is 0 Å². The molecule has 0 aliphatic rings. The quantitative estimate of drug-likeness (QED) is 0.805. The van der Waals surface area contributed by atoms with E-state index >= 15 is 0 Å². The van der Waals surface area contributed by atoms with E-state index in [-0.39, 0.29) is 11.8 Å². The van der Waals surface area contributed by atoms with Crippen LogP contribution in [0.5, 0.6) is 0 Å². The first-order chi connectivity index (χ1) is 9.10.